The van der Waals surface area contributed by atoms with E-state index in [0.29, 0.717) is 5.76 Å². The maximum atomic E-state index is 10.3. The fraction of sp³-hybridized carbons (Fsp3) is 0.125. The summed E-state index contributed by atoms with van der Waals surface area (Å²) in [5.41, 5.74) is 0. The first-order chi connectivity index (χ1) is 4.66. The van der Waals surface area contributed by atoms with E-state index in [2.05, 4.69) is 17.9 Å². The first-order valence-electron chi connectivity index (χ1n) is 2.83. The highest BCUT2D eigenvalue weighted by atomic mass is 16.5. The van der Waals surface area contributed by atoms with E-state index in [0.717, 1.165) is 0 Å². The van der Waals surface area contributed by atoms with Gasteiger partial charge in [0.1, 0.15) is 5.76 Å². The lowest BCUT2D eigenvalue weighted by Gasteiger charge is -1.96. The van der Waals surface area contributed by atoms with Crippen LogP contribution in [-0.2, 0) is 9.53 Å². The molecular formula is C8H10O2. The van der Waals surface area contributed by atoms with Crippen molar-refractivity contribution >= 4 is 5.97 Å². The molecule has 0 heterocycles. The fourth-order valence-electron chi connectivity index (χ4n) is 0.394. The molecule has 0 spiro atoms. The molecule has 0 radical (unpaired) electrons. The van der Waals surface area contributed by atoms with Crippen LogP contribution in [0.2, 0.25) is 0 Å². The van der Waals surface area contributed by atoms with E-state index in [-0.39, 0.29) is 5.97 Å². The summed E-state index contributed by atoms with van der Waals surface area (Å²) in [5, 5.41) is 0. The van der Waals surface area contributed by atoms with Gasteiger partial charge in [-0.25, -0.2) is 0 Å². The molecule has 0 saturated carbocycles. The summed E-state index contributed by atoms with van der Waals surface area (Å²) in [7, 11) is 0. The monoisotopic (exact) mass is 138 g/mol. The Morgan fingerprint density at radius 3 is 2.60 bits per heavy atom. The summed E-state index contributed by atoms with van der Waals surface area (Å²) in [6.45, 7) is 8.22. The van der Waals surface area contributed by atoms with Gasteiger partial charge in [0.25, 0.3) is 0 Å². The number of carbonyl (C=O) groups is 1. The molecule has 0 aromatic carbocycles. The zero-order chi connectivity index (χ0) is 7.98. The molecule has 54 valence electrons. The van der Waals surface area contributed by atoms with Gasteiger partial charge in [0.15, 0.2) is 0 Å². The van der Waals surface area contributed by atoms with Gasteiger partial charge in [-0.1, -0.05) is 25.3 Å². The molecule has 0 N–H and O–H groups in total. The van der Waals surface area contributed by atoms with Crippen molar-refractivity contribution in [1.82, 2.24) is 0 Å². The third kappa shape index (κ3) is 4.84. The molecule has 0 aliphatic carbocycles. The van der Waals surface area contributed by atoms with Crippen LogP contribution in [0.25, 0.3) is 0 Å². The summed E-state index contributed by atoms with van der Waals surface area (Å²) in [6, 6.07) is 0. The molecule has 0 saturated heterocycles. The van der Waals surface area contributed by atoms with E-state index in [1.54, 1.807) is 18.2 Å². The normalized spacial score (nSPS) is 9.30. The van der Waals surface area contributed by atoms with Crippen molar-refractivity contribution in [3.8, 4) is 0 Å². The smallest absolute Gasteiger partial charge is 0.308 e. The zero-order valence-electron chi connectivity index (χ0n) is 5.96. The Morgan fingerprint density at radius 1 is 1.60 bits per heavy atom. The number of ether oxygens (including phenoxy) is 1. The first kappa shape index (κ1) is 8.69. The number of hydrogen-bond acceptors (Lipinski definition) is 2. The molecule has 0 fully saturated rings. The molecule has 0 atom stereocenters. The molecule has 0 rings (SSSR count). The molecule has 2 nitrogen and oxygen atoms in total. The fourth-order valence-corrected chi connectivity index (χ4v) is 0.394. The second-order valence-corrected chi connectivity index (χ2v) is 1.65. The average molecular weight is 138 g/mol. The van der Waals surface area contributed by atoms with Crippen LogP contribution < -0.4 is 0 Å². The van der Waals surface area contributed by atoms with Crippen molar-refractivity contribution in [2.75, 3.05) is 0 Å². The molecule has 0 bridgehead atoms. The van der Waals surface area contributed by atoms with E-state index < -0.39 is 0 Å². The summed E-state index contributed by atoms with van der Waals surface area (Å²) in [4.78, 5) is 10.3. The van der Waals surface area contributed by atoms with E-state index in [1.807, 2.05) is 0 Å². The van der Waals surface area contributed by atoms with Gasteiger partial charge < -0.3 is 4.74 Å². The van der Waals surface area contributed by atoms with E-state index >= 15 is 0 Å². The Balaban J connectivity index is 3.75. The minimum absolute atomic E-state index is 0.326. The third-order valence-corrected chi connectivity index (χ3v) is 0.693. The van der Waals surface area contributed by atoms with Gasteiger partial charge in [0.05, 0.1) is 0 Å². The number of allylic oxidation sites excluding steroid dienone is 3. The lowest BCUT2D eigenvalue weighted by molar-refractivity contribution is -0.136. The number of carbonyl (C=O) groups excluding carboxylic acids is 1. The highest BCUT2D eigenvalue weighted by Crippen LogP contribution is 1.95. The van der Waals surface area contributed by atoms with Gasteiger partial charge in [-0.3, -0.25) is 4.79 Å². The molecule has 0 aromatic heterocycles. The van der Waals surface area contributed by atoms with Crippen LogP contribution in [0.1, 0.15) is 6.92 Å². The van der Waals surface area contributed by atoms with Crippen molar-refractivity contribution in [1.29, 1.82) is 0 Å². The molecule has 0 aliphatic heterocycles. The summed E-state index contributed by atoms with van der Waals surface area (Å²) < 4.78 is 4.58. The van der Waals surface area contributed by atoms with Gasteiger partial charge in [-0.2, -0.15) is 0 Å². The maximum absolute atomic E-state index is 10.3. The molecule has 10 heavy (non-hydrogen) atoms. The van der Waals surface area contributed by atoms with Crippen molar-refractivity contribution < 1.29 is 9.53 Å². The molecule has 0 aromatic rings. The minimum atomic E-state index is -0.362. The zero-order valence-corrected chi connectivity index (χ0v) is 5.96. The number of rotatable bonds is 3. The molecule has 0 unspecified atom stereocenters. The summed E-state index contributed by atoms with van der Waals surface area (Å²) in [5.74, 6) is -0.0360. The lowest BCUT2D eigenvalue weighted by atomic mass is 10.4. The van der Waals surface area contributed by atoms with Crippen LogP contribution in [0.3, 0.4) is 0 Å². The highest BCUT2D eigenvalue weighted by molar-refractivity contribution is 5.67. The molecule has 0 aliphatic rings. The summed E-state index contributed by atoms with van der Waals surface area (Å²) >= 11 is 0. The Bertz CT molecular complexity index is 178. The molecule has 2 heteroatoms. The van der Waals surface area contributed by atoms with Gasteiger partial charge in [0.2, 0.25) is 0 Å². The van der Waals surface area contributed by atoms with Crippen LogP contribution in [0.4, 0.5) is 0 Å². The number of esters is 1. The standard InChI is InChI=1S/C8H10O2/c1-4-5-6-7(2)10-8(3)9/h4-6H,1-2H2,3H3. The SMILES string of the molecule is C=CC=CC(=C)OC(C)=O. The predicted molar refractivity (Wildman–Crippen MR) is 40.2 cm³/mol. The third-order valence-electron chi connectivity index (χ3n) is 0.693. The van der Waals surface area contributed by atoms with Crippen molar-refractivity contribution in [2.24, 2.45) is 0 Å². The van der Waals surface area contributed by atoms with Crippen LogP contribution in [-0.4, -0.2) is 5.97 Å². The van der Waals surface area contributed by atoms with Gasteiger partial charge in [0, 0.05) is 6.92 Å². The largest absolute Gasteiger partial charge is 0.427 e. The second-order valence-electron chi connectivity index (χ2n) is 1.65. The Kier molecular flexibility index (Phi) is 3.96. The van der Waals surface area contributed by atoms with Crippen LogP contribution >= 0.6 is 0 Å². The maximum Gasteiger partial charge on any atom is 0.308 e. The van der Waals surface area contributed by atoms with E-state index in [9.17, 15) is 4.79 Å². The van der Waals surface area contributed by atoms with E-state index in [1.165, 1.54) is 6.92 Å². The number of hydrogen-bond donors (Lipinski definition) is 0. The van der Waals surface area contributed by atoms with Gasteiger partial charge in [-0.05, 0) is 6.08 Å². The lowest BCUT2D eigenvalue weighted by Crippen LogP contribution is -1.94. The quantitative estimate of drug-likeness (QED) is 0.337. The second kappa shape index (κ2) is 4.56. The molecule has 0 amide bonds. The van der Waals surface area contributed by atoms with Crippen LogP contribution in [0.15, 0.2) is 37.1 Å². The summed E-state index contributed by atoms with van der Waals surface area (Å²) in [6.07, 6.45) is 4.79. The van der Waals surface area contributed by atoms with Crippen LogP contribution in [0, 0.1) is 0 Å². The Hall–Kier alpha value is -1.31. The average Bonchev–Trinajstić information content (AvgIpc) is 1.82. The van der Waals surface area contributed by atoms with Crippen LogP contribution in [0.5, 0.6) is 0 Å². The topological polar surface area (TPSA) is 26.3 Å². The van der Waals surface area contributed by atoms with Crippen molar-refractivity contribution in [3.05, 3.63) is 37.1 Å². The Labute approximate surface area is 60.5 Å². The Morgan fingerprint density at radius 2 is 2.20 bits per heavy atom. The van der Waals surface area contributed by atoms with Gasteiger partial charge in [-0.15, -0.1) is 0 Å². The van der Waals surface area contributed by atoms with Crippen molar-refractivity contribution in [3.63, 3.8) is 0 Å². The first-order valence-corrected chi connectivity index (χ1v) is 2.83. The predicted octanol–water partition coefficient (Wildman–Crippen LogP) is 1.81. The minimum Gasteiger partial charge on any atom is -0.427 e. The van der Waals surface area contributed by atoms with Gasteiger partial charge >= 0.3 is 5.97 Å². The molecular weight excluding hydrogens is 128 g/mol. The van der Waals surface area contributed by atoms with Crippen molar-refractivity contribution in [2.45, 2.75) is 6.92 Å². The van der Waals surface area contributed by atoms with E-state index in [4.69, 9.17) is 0 Å². The highest BCUT2D eigenvalue weighted by Gasteiger charge is 1.91.